The van der Waals surface area contributed by atoms with Crippen molar-refractivity contribution < 1.29 is 24.3 Å². The van der Waals surface area contributed by atoms with E-state index in [1.807, 2.05) is 52.0 Å². The van der Waals surface area contributed by atoms with Gasteiger partial charge in [0.1, 0.15) is 18.1 Å². The van der Waals surface area contributed by atoms with Crippen molar-refractivity contribution in [3.63, 3.8) is 0 Å². The van der Waals surface area contributed by atoms with Gasteiger partial charge in [-0.05, 0) is 43.2 Å². The number of carbonyl (C=O) groups is 4. The van der Waals surface area contributed by atoms with Crippen molar-refractivity contribution in [3.8, 4) is 0 Å². The van der Waals surface area contributed by atoms with Crippen LogP contribution >= 0.6 is 0 Å². The largest absolute Gasteiger partial charge is 0.480 e. The van der Waals surface area contributed by atoms with Crippen LogP contribution in [0.3, 0.4) is 0 Å². The zero-order valence-electron chi connectivity index (χ0n) is 21.6. The van der Waals surface area contributed by atoms with Crippen LogP contribution in [0.5, 0.6) is 0 Å². The van der Waals surface area contributed by atoms with Gasteiger partial charge in [-0.15, -0.1) is 0 Å². The lowest BCUT2D eigenvalue weighted by molar-refractivity contribution is -0.142. The minimum Gasteiger partial charge on any atom is -0.480 e. The van der Waals surface area contributed by atoms with Crippen LogP contribution in [-0.4, -0.2) is 57.9 Å². The van der Waals surface area contributed by atoms with Gasteiger partial charge in [-0.2, -0.15) is 0 Å². The number of carboxylic acids is 1. The quantitative estimate of drug-likeness (QED) is 0.244. The molecule has 1 aromatic heterocycles. The molecule has 0 spiro atoms. The Bertz CT molecular complexity index is 1060. The summed E-state index contributed by atoms with van der Waals surface area (Å²) in [6.07, 6.45) is 2.64. The van der Waals surface area contributed by atoms with Crippen molar-refractivity contribution in [1.29, 1.82) is 0 Å². The number of carboxylic acid groups (broad SMARTS) is 1. The molecule has 1 heterocycles. The van der Waals surface area contributed by atoms with Gasteiger partial charge in [0.2, 0.25) is 17.7 Å². The summed E-state index contributed by atoms with van der Waals surface area (Å²) in [4.78, 5) is 53.2. The van der Waals surface area contributed by atoms with Crippen molar-refractivity contribution in [2.75, 3.05) is 0 Å². The number of H-pyrrole nitrogens is 1. The zero-order chi connectivity index (χ0) is 27.0. The summed E-state index contributed by atoms with van der Waals surface area (Å²) in [6.45, 7) is 9.21. The normalized spacial score (nSPS) is 14.8. The van der Waals surface area contributed by atoms with Crippen LogP contribution in [0.1, 0.15) is 53.0 Å². The molecule has 4 unspecified atom stereocenters. The molecule has 10 nitrogen and oxygen atoms in total. The van der Waals surface area contributed by atoms with Crippen molar-refractivity contribution in [2.45, 2.75) is 78.0 Å². The van der Waals surface area contributed by atoms with Crippen LogP contribution in [0.4, 0.5) is 0 Å². The molecular formula is C26H39N5O5. The molecule has 2 aromatic rings. The molecule has 7 N–H and O–H groups in total. The molecule has 0 aliphatic heterocycles. The molecule has 0 saturated carbocycles. The van der Waals surface area contributed by atoms with E-state index in [1.54, 1.807) is 6.20 Å². The highest BCUT2D eigenvalue weighted by Gasteiger charge is 2.29. The summed E-state index contributed by atoms with van der Waals surface area (Å²) >= 11 is 0. The SMILES string of the molecule is CC(C)CC(N)C(=O)NC(CC(C)C)C(=O)NC(C)C(=O)NC(Cc1c[nH]c2ccccc12)C(=O)O. The lowest BCUT2D eigenvalue weighted by Crippen LogP contribution is -2.56. The van der Waals surface area contributed by atoms with Crippen LogP contribution in [0.15, 0.2) is 30.5 Å². The Morgan fingerprint density at radius 2 is 1.47 bits per heavy atom. The second-order valence-corrected chi connectivity index (χ2v) is 10.1. The highest BCUT2D eigenvalue weighted by Crippen LogP contribution is 2.19. The van der Waals surface area contributed by atoms with Gasteiger partial charge in [0.15, 0.2) is 0 Å². The summed E-state index contributed by atoms with van der Waals surface area (Å²) < 4.78 is 0. The fraction of sp³-hybridized carbons (Fsp3) is 0.538. The number of para-hydroxylation sites is 1. The number of aromatic amines is 1. The standard InChI is InChI=1S/C26H39N5O5/c1-14(2)10-19(27)24(33)30-21(11-15(3)4)25(34)29-16(5)23(32)31-22(26(35)36)12-17-13-28-20-9-7-6-8-18(17)20/h6-9,13-16,19,21-22,28H,10-12,27H2,1-5H3,(H,29,34)(H,30,33)(H,31,32)(H,35,36). The first-order valence-electron chi connectivity index (χ1n) is 12.3. The predicted molar refractivity (Wildman–Crippen MR) is 138 cm³/mol. The monoisotopic (exact) mass is 501 g/mol. The van der Waals surface area contributed by atoms with E-state index in [4.69, 9.17) is 5.73 Å². The number of nitrogens with two attached hydrogens (primary N) is 1. The van der Waals surface area contributed by atoms with Crippen molar-refractivity contribution in [2.24, 2.45) is 17.6 Å². The van der Waals surface area contributed by atoms with E-state index in [-0.39, 0.29) is 18.3 Å². The first kappa shape index (κ1) is 28.8. The van der Waals surface area contributed by atoms with Gasteiger partial charge in [-0.3, -0.25) is 14.4 Å². The zero-order valence-corrected chi connectivity index (χ0v) is 21.6. The Morgan fingerprint density at radius 3 is 2.08 bits per heavy atom. The number of aromatic nitrogens is 1. The Kier molecular flexibility index (Phi) is 10.5. The average Bonchev–Trinajstić information content (AvgIpc) is 3.19. The first-order chi connectivity index (χ1) is 16.9. The number of hydrogen-bond donors (Lipinski definition) is 6. The number of aliphatic carboxylic acids is 1. The Balaban J connectivity index is 2.03. The van der Waals surface area contributed by atoms with Crippen LogP contribution in [-0.2, 0) is 25.6 Å². The fourth-order valence-electron chi connectivity index (χ4n) is 3.99. The first-order valence-corrected chi connectivity index (χ1v) is 12.3. The minimum absolute atomic E-state index is 0.0749. The Labute approximate surface area is 211 Å². The fourth-order valence-corrected chi connectivity index (χ4v) is 3.99. The second kappa shape index (κ2) is 13.1. The summed E-state index contributed by atoms with van der Waals surface area (Å²) in [6, 6.07) is 3.67. The molecule has 0 fully saturated rings. The molecular weight excluding hydrogens is 462 g/mol. The third-order valence-electron chi connectivity index (χ3n) is 5.87. The van der Waals surface area contributed by atoms with E-state index in [0.29, 0.717) is 12.8 Å². The molecule has 2 rings (SSSR count). The molecule has 0 saturated heterocycles. The molecule has 36 heavy (non-hydrogen) atoms. The molecule has 0 aliphatic rings. The van der Waals surface area contributed by atoms with E-state index in [2.05, 4.69) is 20.9 Å². The average molecular weight is 502 g/mol. The van der Waals surface area contributed by atoms with Gasteiger partial charge >= 0.3 is 5.97 Å². The van der Waals surface area contributed by atoms with Gasteiger partial charge < -0.3 is 31.8 Å². The molecule has 4 atom stereocenters. The number of fused-ring (bicyclic) bond motifs is 1. The van der Waals surface area contributed by atoms with Gasteiger partial charge in [0.25, 0.3) is 0 Å². The van der Waals surface area contributed by atoms with Crippen molar-refractivity contribution in [1.82, 2.24) is 20.9 Å². The van der Waals surface area contributed by atoms with Gasteiger partial charge in [-0.1, -0.05) is 45.9 Å². The van der Waals surface area contributed by atoms with E-state index in [9.17, 15) is 24.3 Å². The molecule has 0 aliphatic carbocycles. The molecule has 3 amide bonds. The van der Waals surface area contributed by atoms with E-state index >= 15 is 0 Å². The van der Waals surface area contributed by atoms with Gasteiger partial charge in [0, 0.05) is 23.5 Å². The third-order valence-corrected chi connectivity index (χ3v) is 5.87. The van der Waals surface area contributed by atoms with Crippen LogP contribution in [0.2, 0.25) is 0 Å². The smallest absolute Gasteiger partial charge is 0.326 e. The summed E-state index contributed by atoms with van der Waals surface area (Å²) in [7, 11) is 0. The van der Waals surface area contributed by atoms with Crippen LogP contribution in [0.25, 0.3) is 10.9 Å². The topological polar surface area (TPSA) is 166 Å². The number of nitrogens with one attached hydrogen (secondary N) is 4. The maximum Gasteiger partial charge on any atom is 0.326 e. The third kappa shape index (κ3) is 8.37. The van der Waals surface area contributed by atoms with Crippen LogP contribution in [0, 0.1) is 11.8 Å². The maximum absolute atomic E-state index is 12.9. The number of hydrogen-bond acceptors (Lipinski definition) is 5. The number of amides is 3. The number of benzene rings is 1. The number of rotatable bonds is 13. The highest BCUT2D eigenvalue weighted by molar-refractivity contribution is 5.94. The molecule has 0 bridgehead atoms. The van der Waals surface area contributed by atoms with E-state index in [0.717, 1.165) is 16.5 Å². The van der Waals surface area contributed by atoms with Gasteiger partial charge in [-0.25, -0.2) is 4.79 Å². The van der Waals surface area contributed by atoms with E-state index in [1.165, 1.54) is 6.92 Å². The Morgan fingerprint density at radius 1 is 0.861 bits per heavy atom. The summed E-state index contributed by atoms with van der Waals surface area (Å²) in [5.41, 5.74) is 7.58. The van der Waals surface area contributed by atoms with Crippen molar-refractivity contribution >= 4 is 34.6 Å². The predicted octanol–water partition coefficient (Wildman–Crippen LogP) is 1.69. The summed E-state index contributed by atoms with van der Waals surface area (Å²) in [5, 5.41) is 18.4. The van der Waals surface area contributed by atoms with E-state index < -0.39 is 47.9 Å². The minimum atomic E-state index is -1.18. The molecule has 0 radical (unpaired) electrons. The Hall–Kier alpha value is -3.40. The lowest BCUT2D eigenvalue weighted by atomic mass is 10.0. The highest BCUT2D eigenvalue weighted by atomic mass is 16.4. The molecule has 1 aromatic carbocycles. The molecule has 198 valence electrons. The summed E-state index contributed by atoms with van der Waals surface area (Å²) in [5.74, 6) is -2.46. The molecule has 10 heteroatoms. The van der Waals surface area contributed by atoms with Gasteiger partial charge in [0.05, 0.1) is 6.04 Å². The number of carbonyl (C=O) groups excluding carboxylic acids is 3. The lowest BCUT2D eigenvalue weighted by Gasteiger charge is -2.25. The van der Waals surface area contributed by atoms with Crippen LogP contribution < -0.4 is 21.7 Å². The second-order valence-electron chi connectivity index (χ2n) is 10.1. The van der Waals surface area contributed by atoms with Crippen molar-refractivity contribution in [3.05, 3.63) is 36.0 Å². The maximum atomic E-state index is 12.9.